The van der Waals surface area contributed by atoms with Gasteiger partial charge in [0.1, 0.15) is 23.7 Å². The van der Waals surface area contributed by atoms with Gasteiger partial charge in [-0.2, -0.15) is 0 Å². The molecule has 8 nitrogen and oxygen atoms in total. The molecule has 0 spiro atoms. The van der Waals surface area contributed by atoms with Crippen molar-refractivity contribution in [3.63, 3.8) is 0 Å². The van der Waals surface area contributed by atoms with Crippen LogP contribution in [0.3, 0.4) is 0 Å². The van der Waals surface area contributed by atoms with Crippen molar-refractivity contribution in [3.8, 4) is 5.75 Å². The fraction of sp³-hybridized carbons (Fsp3) is 0.450. The normalized spacial score (nSPS) is 17.0. The molecule has 148 valence electrons. The fourth-order valence-electron chi connectivity index (χ4n) is 3.71. The lowest BCUT2D eigenvalue weighted by Crippen LogP contribution is -2.50. The molecule has 1 aromatic heterocycles. The van der Waals surface area contributed by atoms with Crippen LogP contribution in [-0.4, -0.2) is 67.3 Å². The van der Waals surface area contributed by atoms with Gasteiger partial charge in [-0.3, -0.25) is 0 Å². The second-order valence-corrected chi connectivity index (χ2v) is 7.03. The lowest BCUT2D eigenvalue weighted by molar-refractivity contribution is 0.208. The van der Waals surface area contributed by atoms with Gasteiger partial charge in [0.2, 0.25) is 0 Å². The van der Waals surface area contributed by atoms with Crippen LogP contribution in [0.25, 0.3) is 0 Å². The molecule has 28 heavy (non-hydrogen) atoms. The first-order valence-electron chi connectivity index (χ1n) is 9.75. The molecule has 0 radical (unpaired) electrons. The highest BCUT2D eigenvalue weighted by molar-refractivity contribution is 5.91. The van der Waals surface area contributed by atoms with Gasteiger partial charge in [-0.05, 0) is 25.0 Å². The van der Waals surface area contributed by atoms with Crippen molar-refractivity contribution in [1.82, 2.24) is 14.9 Å². The Morgan fingerprint density at radius 3 is 2.29 bits per heavy atom. The summed E-state index contributed by atoms with van der Waals surface area (Å²) in [7, 11) is 1.60. The average molecular weight is 382 g/mol. The number of nitrogens with zero attached hydrogens (tertiary/aromatic N) is 5. The number of aromatic nitrogens is 2. The molecule has 1 aromatic carbocycles. The van der Waals surface area contributed by atoms with Crippen LogP contribution in [0.15, 0.2) is 36.7 Å². The minimum atomic E-state index is -0.107. The number of amides is 2. The van der Waals surface area contributed by atoms with Crippen LogP contribution >= 0.6 is 0 Å². The Kier molecular flexibility index (Phi) is 5.45. The van der Waals surface area contributed by atoms with Crippen LogP contribution in [0.5, 0.6) is 5.75 Å². The summed E-state index contributed by atoms with van der Waals surface area (Å²) < 4.78 is 5.30. The first-order chi connectivity index (χ1) is 13.7. The first kappa shape index (κ1) is 18.3. The van der Waals surface area contributed by atoms with Crippen molar-refractivity contribution in [2.75, 3.05) is 61.5 Å². The molecule has 4 rings (SSSR count). The monoisotopic (exact) mass is 382 g/mol. The highest BCUT2D eigenvalue weighted by atomic mass is 16.5. The van der Waals surface area contributed by atoms with Gasteiger partial charge in [0.15, 0.2) is 0 Å². The predicted octanol–water partition coefficient (Wildman–Crippen LogP) is 2.44. The number of carbonyl (C=O) groups is 1. The average Bonchev–Trinajstić information content (AvgIpc) is 3.29. The van der Waals surface area contributed by atoms with Crippen LogP contribution in [0, 0.1) is 0 Å². The molecule has 0 aliphatic carbocycles. The Bertz CT molecular complexity index is 816. The Hall–Kier alpha value is -3.03. The number of methoxy groups -OCH3 is 1. The number of anilines is 3. The van der Waals surface area contributed by atoms with Crippen LogP contribution in [-0.2, 0) is 0 Å². The zero-order valence-electron chi connectivity index (χ0n) is 16.2. The van der Waals surface area contributed by atoms with Crippen molar-refractivity contribution < 1.29 is 9.53 Å². The Labute approximate surface area is 165 Å². The summed E-state index contributed by atoms with van der Waals surface area (Å²) in [6, 6.07) is 9.39. The highest BCUT2D eigenvalue weighted by Crippen LogP contribution is 2.24. The number of carbonyl (C=O) groups excluding carboxylic acids is 1. The molecule has 0 unspecified atom stereocenters. The summed E-state index contributed by atoms with van der Waals surface area (Å²) in [5.41, 5.74) is 0.684. The van der Waals surface area contributed by atoms with Crippen molar-refractivity contribution in [1.29, 1.82) is 0 Å². The van der Waals surface area contributed by atoms with E-state index in [2.05, 4.69) is 31.2 Å². The lowest BCUT2D eigenvalue weighted by Gasteiger charge is -2.35. The molecule has 2 fully saturated rings. The minimum absolute atomic E-state index is 0.107. The van der Waals surface area contributed by atoms with E-state index < -0.39 is 0 Å². The number of hydrogen-bond donors (Lipinski definition) is 1. The third-order valence-corrected chi connectivity index (χ3v) is 5.31. The number of para-hydroxylation sites is 2. The maximum absolute atomic E-state index is 12.6. The van der Waals surface area contributed by atoms with Crippen molar-refractivity contribution >= 4 is 23.4 Å². The van der Waals surface area contributed by atoms with Gasteiger partial charge in [-0.1, -0.05) is 12.1 Å². The van der Waals surface area contributed by atoms with Crippen LogP contribution in [0.4, 0.5) is 22.1 Å². The van der Waals surface area contributed by atoms with Gasteiger partial charge in [0.05, 0.1) is 12.8 Å². The molecule has 0 bridgehead atoms. The van der Waals surface area contributed by atoms with E-state index in [0.717, 1.165) is 37.8 Å². The van der Waals surface area contributed by atoms with Crippen molar-refractivity contribution in [2.24, 2.45) is 0 Å². The molecule has 2 amide bonds. The molecule has 2 aliphatic heterocycles. The largest absolute Gasteiger partial charge is 0.495 e. The minimum Gasteiger partial charge on any atom is -0.495 e. The number of urea groups is 1. The molecule has 0 atom stereocenters. The Morgan fingerprint density at radius 1 is 0.964 bits per heavy atom. The quantitative estimate of drug-likeness (QED) is 0.876. The van der Waals surface area contributed by atoms with E-state index >= 15 is 0 Å². The summed E-state index contributed by atoms with van der Waals surface area (Å²) in [5.74, 6) is 2.59. The molecular weight excluding hydrogens is 356 g/mol. The maximum Gasteiger partial charge on any atom is 0.322 e. The van der Waals surface area contributed by atoms with Crippen LogP contribution in [0.2, 0.25) is 0 Å². The molecular formula is C20H26N6O2. The molecule has 3 heterocycles. The van der Waals surface area contributed by atoms with Gasteiger partial charge in [-0.25, -0.2) is 14.8 Å². The van der Waals surface area contributed by atoms with Crippen molar-refractivity contribution in [2.45, 2.75) is 12.8 Å². The second kappa shape index (κ2) is 8.33. The fourth-order valence-corrected chi connectivity index (χ4v) is 3.71. The molecule has 1 N–H and O–H groups in total. The number of hydrogen-bond acceptors (Lipinski definition) is 6. The van der Waals surface area contributed by atoms with E-state index in [9.17, 15) is 4.79 Å². The SMILES string of the molecule is COc1ccccc1NC(=O)N1CCN(c2cc(N3CCCC3)ncn2)CC1. The van der Waals surface area contributed by atoms with E-state index in [-0.39, 0.29) is 6.03 Å². The van der Waals surface area contributed by atoms with E-state index in [1.54, 1.807) is 13.4 Å². The number of nitrogens with one attached hydrogen (secondary N) is 1. The molecule has 2 aliphatic rings. The smallest absolute Gasteiger partial charge is 0.322 e. The van der Waals surface area contributed by atoms with E-state index in [4.69, 9.17) is 4.74 Å². The van der Waals surface area contributed by atoms with E-state index in [1.165, 1.54) is 12.8 Å². The predicted molar refractivity (Wildman–Crippen MR) is 109 cm³/mol. The molecule has 0 saturated carbocycles. The number of rotatable bonds is 4. The third kappa shape index (κ3) is 3.95. The Balaban J connectivity index is 1.35. The third-order valence-electron chi connectivity index (χ3n) is 5.31. The summed E-state index contributed by atoms with van der Waals surface area (Å²) in [6.07, 6.45) is 4.09. The summed E-state index contributed by atoms with van der Waals surface area (Å²) >= 11 is 0. The molecule has 2 aromatic rings. The number of ether oxygens (including phenoxy) is 1. The van der Waals surface area contributed by atoms with Gasteiger partial charge in [0.25, 0.3) is 0 Å². The topological polar surface area (TPSA) is 73.8 Å². The van der Waals surface area contributed by atoms with Gasteiger partial charge < -0.3 is 24.8 Å². The second-order valence-electron chi connectivity index (χ2n) is 7.03. The number of piperazine rings is 1. The summed E-state index contributed by atoms with van der Waals surface area (Å²) in [4.78, 5) is 27.8. The summed E-state index contributed by atoms with van der Waals surface area (Å²) in [5, 5.41) is 2.94. The highest BCUT2D eigenvalue weighted by Gasteiger charge is 2.23. The summed E-state index contributed by atoms with van der Waals surface area (Å²) in [6.45, 7) is 4.90. The maximum atomic E-state index is 12.6. The standard InChI is InChI=1S/C20H26N6O2/c1-28-17-7-3-2-6-16(17)23-20(27)26-12-10-25(11-13-26)19-14-18(21-15-22-19)24-8-4-5-9-24/h2-3,6-7,14-15H,4-5,8-13H2,1H3,(H,23,27). The van der Waals surface area contributed by atoms with E-state index in [1.807, 2.05) is 29.2 Å². The first-order valence-corrected chi connectivity index (χ1v) is 9.75. The van der Waals surface area contributed by atoms with Crippen LogP contribution in [0.1, 0.15) is 12.8 Å². The molecule has 8 heteroatoms. The van der Waals surface area contributed by atoms with Gasteiger partial charge in [-0.15, -0.1) is 0 Å². The molecule has 2 saturated heterocycles. The van der Waals surface area contributed by atoms with E-state index in [0.29, 0.717) is 24.5 Å². The van der Waals surface area contributed by atoms with Gasteiger partial charge >= 0.3 is 6.03 Å². The number of benzene rings is 1. The Morgan fingerprint density at radius 2 is 1.61 bits per heavy atom. The van der Waals surface area contributed by atoms with Crippen molar-refractivity contribution in [3.05, 3.63) is 36.7 Å². The van der Waals surface area contributed by atoms with Crippen LogP contribution < -0.4 is 19.9 Å². The lowest BCUT2D eigenvalue weighted by atomic mass is 10.3. The van der Waals surface area contributed by atoms with Gasteiger partial charge in [0, 0.05) is 45.3 Å². The zero-order valence-corrected chi connectivity index (χ0v) is 16.2. The zero-order chi connectivity index (χ0) is 19.3.